The van der Waals surface area contributed by atoms with Crippen molar-refractivity contribution in [2.75, 3.05) is 0 Å². The summed E-state index contributed by atoms with van der Waals surface area (Å²) in [5.74, 6) is -1.93. The fraction of sp³-hybridized carbons (Fsp3) is 0.300. The van der Waals surface area contributed by atoms with Crippen molar-refractivity contribution in [3.05, 3.63) is 34.6 Å². The lowest BCUT2D eigenvalue weighted by Gasteiger charge is -2.06. The molecule has 0 bridgehead atoms. The number of aromatic carboxylic acids is 1. The zero-order valence-corrected chi connectivity index (χ0v) is 7.46. The minimum atomic E-state index is -1.23. The number of carbonyl (C=O) groups is 1. The first-order valence-electron chi connectivity index (χ1n) is 4.41. The van der Waals surface area contributed by atoms with Crippen molar-refractivity contribution in [1.29, 1.82) is 0 Å². The number of nitrogens with two attached hydrogens (primary N) is 1. The Labute approximate surface area is 80.3 Å². The highest BCUT2D eigenvalue weighted by atomic mass is 19.1. The number of rotatable bonds is 1. The highest BCUT2D eigenvalue weighted by Crippen LogP contribution is 2.31. The van der Waals surface area contributed by atoms with Crippen LogP contribution in [0.2, 0.25) is 0 Å². The van der Waals surface area contributed by atoms with Gasteiger partial charge in [-0.25, -0.2) is 9.18 Å². The van der Waals surface area contributed by atoms with E-state index in [-0.39, 0.29) is 11.6 Å². The van der Waals surface area contributed by atoms with Crippen LogP contribution in [-0.4, -0.2) is 11.1 Å². The molecule has 1 aliphatic rings. The molecule has 0 saturated carbocycles. The predicted octanol–water partition coefficient (Wildman–Crippen LogP) is 1.47. The number of hydrogen-bond acceptors (Lipinski definition) is 2. The standard InChI is InChI=1S/C10H10FNO2/c11-8-4-6-5(1-2-9(6)12)3-7(8)10(13)14/h3-4,9H,1-2,12H2,(H,13,14)/t9-/m1/s1. The first-order valence-corrected chi connectivity index (χ1v) is 4.41. The predicted molar refractivity (Wildman–Crippen MR) is 48.6 cm³/mol. The third kappa shape index (κ3) is 1.28. The van der Waals surface area contributed by atoms with Crippen LogP contribution in [-0.2, 0) is 6.42 Å². The fourth-order valence-electron chi connectivity index (χ4n) is 1.83. The van der Waals surface area contributed by atoms with Crippen LogP contribution in [0.3, 0.4) is 0 Å². The zero-order chi connectivity index (χ0) is 10.3. The molecule has 0 aliphatic heterocycles. The van der Waals surface area contributed by atoms with Crippen LogP contribution in [0.25, 0.3) is 0 Å². The van der Waals surface area contributed by atoms with Gasteiger partial charge in [0.25, 0.3) is 0 Å². The van der Waals surface area contributed by atoms with Crippen molar-refractivity contribution in [3.63, 3.8) is 0 Å². The Morgan fingerprint density at radius 3 is 2.93 bits per heavy atom. The molecule has 3 N–H and O–H groups in total. The Bertz CT molecular complexity index is 403. The molecular formula is C10H10FNO2. The van der Waals surface area contributed by atoms with Gasteiger partial charge in [0.2, 0.25) is 0 Å². The summed E-state index contributed by atoms with van der Waals surface area (Å²) in [6.45, 7) is 0. The maximum absolute atomic E-state index is 13.2. The third-order valence-corrected chi connectivity index (χ3v) is 2.58. The van der Waals surface area contributed by atoms with Gasteiger partial charge in [-0.05, 0) is 36.1 Å². The Balaban J connectivity index is 2.55. The summed E-state index contributed by atoms with van der Waals surface area (Å²) in [4.78, 5) is 10.6. The molecule has 3 nitrogen and oxygen atoms in total. The average Bonchev–Trinajstić information content (AvgIpc) is 2.46. The molecule has 1 atom stereocenters. The van der Waals surface area contributed by atoms with Gasteiger partial charge in [-0.1, -0.05) is 0 Å². The molecule has 2 rings (SSSR count). The average molecular weight is 195 g/mol. The molecule has 0 fully saturated rings. The maximum atomic E-state index is 13.2. The smallest absolute Gasteiger partial charge is 0.338 e. The molecule has 4 heteroatoms. The van der Waals surface area contributed by atoms with Crippen LogP contribution in [0.4, 0.5) is 4.39 Å². The molecule has 0 unspecified atom stereocenters. The molecule has 0 amide bonds. The second kappa shape index (κ2) is 3.06. The molecule has 1 aliphatic carbocycles. The summed E-state index contributed by atoms with van der Waals surface area (Å²) in [5, 5.41) is 8.69. The largest absolute Gasteiger partial charge is 0.478 e. The van der Waals surface area contributed by atoms with Gasteiger partial charge < -0.3 is 10.8 Å². The molecule has 74 valence electrons. The first kappa shape index (κ1) is 9.15. The van der Waals surface area contributed by atoms with Crippen molar-refractivity contribution in [1.82, 2.24) is 0 Å². The molecule has 1 aromatic rings. The van der Waals surface area contributed by atoms with E-state index in [1.165, 1.54) is 12.1 Å². The highest BCUT2D eigenvalue weighted by molar-refractivity contribution is 5.88. The van der Waals surface area contributed by atoms with E-state index in [0.29, 0.717) is 0 Å². The Morgan fingerprint density at radius 1 is 1.57 bits per heavy atom. The van der Waals surface area contributed by atoms with E-state index in [9.17, 15) is 9.18 Å². The van der Waals surface area contributed by atoms with E-state index in [4.69, 9.17) is 10.8 Å². The van der Waals surface area contributed by atoms with E-state index in [0.717, 1.165) is 24.0 Å². The number of aryl methyl sites for hydroxylation is 1. The van der Waals surface area contributed by atoms with Gasteiger partial charge in [0.1, 0.15) is 5.82 Å². The van der Waals surface area contributed by atoms with Gasteiger partial charge >= 0.3 is 5.97 Å². The minimum absolute atomic E-state index is 0.151. The van der Waals surface area contributed by atoms with Gasteiger partial charge in [-0.15, -0.1) is 0 Å². The summed E-state index contributed by atoms with van der Waals surface area (Å²) < 4.78 is 13.2. The Morgan fingerprint density at radius 2 is 2.29 bits per heavy atom. The van der Waals surface area contributed by atoms with E-state index < -0.39 is 11.8 Å². The summed E-state index contributed by atoms with van der Waals surface area (Å²) in [6.07, 6.45) is 1.49. The van der Waals surface area contributed by atoms with E-state index >= 15 is 0 Å². The number of carboxylic acid groups (broad SMARTS) is 1. The van der Waals surface area contributed by atoms with Crippen LogP contribution in [0.5, 0.6) is 0 Å². The molecule has 0 radical (unpaired) electrons. The minimum Gasteiger partial charge on any atom is -0.478 e. The van der Waals surface area contributed by atoms with Crippen molar-refractivity contribution in [3.8, 4) is 0 Å². The molecule has 1 aromatic carbocycles. The Kier molecular flexibility index (Phi) is 2.00. The summed E-state index contributed by atoms with van der Waals surface area (Å²) in [5.41, 5.74) is 7.06. The summed E-state index contributed by atoms with van der Waals surface area (Å²) in [6, 6.07) is 2.48. The van der Waals surface area contributed by atoms with E-state index in [2.05, 4.69) is 0 Å². The molecule has 14 heavy (non-hydrogen) atoms. The maximum Gasteiger partial charge on any atom is 0.338 e. The normalized spacial score (nSPS) is 19.4. The molecule has 0 saturated heterocycles. The van der Waals surface area contributed by atoms with Crippen LogP contribution in [0.15, 0.2) is 12.1 Å². The van der Waals surface area contributed by atoms with Crippen molar-refractivity contribution >= 4 is 5.97 Å². The first-order chi connectivity index (χ1) is 6.59. The number of benzene rings is 1. The number of halogens is 1. The third-order valence-electron chi connectivity index (χ3n) is 2.58. The number of hydrogen-bond donors (Lipinski definition) is 2. The lowest BCUT2D eigenvalue weighted by Crippen LogP contribution is -2.07. The van der Waals surface area contributed by atoms with E-state index in [1.54, 1.807) is 0 Å². The fourth-order valence-corrected chi connectivity index (χ4v) is 1.83. The van der Waals surface area contributed by atoms with Crippen LogP contribution in [0.1, 0.15) is 33.9 Å². The lowest BCUT2D eigenvalue weighted by atomic mass is 10.0. The van der Waals surface area contributed by atoms with Gasteiger partial charge in [-0.2, -0.15) is 0 Å². The molecular weight excluding hydrogens is 185 g/mol. The monoisotopic (exact) mass is 195 g/mol. The van der Waals surface area contributed by atoms with Gasteiger partial charge in [-0.3, -0.25) is 0 Å². The van der Waals surface area contributed by atoms with Crippen LogP contribution >= 0.6 is 0 Å². The zero-order valence-electron chi connectivity index (χ0n) is 7.46. The molecule has 0 heterocycles. The molecule has 0 aromatic heterocycles. The van der Waals surface area contributed by atoms with Gasteiger partial charge in [0.05, 0.1) is 5.56 Å². The number of fused-ring (bicyclic) bond motifs is 1. The highest BCUT2D eigenvalue weighted by Gasteiger charge is 2.23. The second-order valence-electron chi connectivity index (χ2n) is 3.48. The molecule has 0 spiro atoms. The summed E-state index contributed by atoms with van der Waals surface area (Å²) >= 11 is 0. The Hall–Kier alpha value is -1.42. The van der Waals surface area contributed by atoms with Crippen molar-refractivity contribution < 1.29 is 14.3 Å². The van der Waals surface area contributed by atoms with Gasteiger partial charge in [0, 0.05) is 6.04 Å². The quantitative estimate of drug-likeness (QED) is 0.713. The summed E-state index contributed by atoms with van der Waals surface area (Å²) in [7, 11) is 0. The van der Waals surface area contributed by atoms with Crippen molar-refractivity contribution in [2.24, 2.45) is 5.73 Å². The van der Waals surface area contributed by atoms with Crippen molar-refractivity contribution in [2.45, 2.75) is 18.9 Å². The van der Waals surface area contributed by atoms with Gasteiger partial charge in [0.15, 0.2) is 0 Å². The topological polar surface area (TPSA) is 63.3 Å². The van der Waals surface area contributed by atoms with Crippen LogP contribution in [0, 0.1) is 5.82 Å². The number of carboxylic acids is 1. The SMILES string of the molecule is N[C@@H]1CCc2cc(C(=O)O)c(F)cc21. The lowest BCUT2D eigenvalue weighted by molar-refractivity contribution is 0.0692. The van der Waals surface area contributed by atoms with E-state index in [1.807, 2.05) is 0 Å². The second-order valence-corrected chi connectivity index (χ2v) is 3.48. The van der Waals surface area contributed by atoms with Crippen LogP contribution < -0.4 is 5.73 Å².